The zero-order valence-electron chi connectivity index (χ0n) is 10.7. The predicted molar refractivity (Wildman–Crippen MR) is 73.1 cm³/mol. The summed E-state index contributed by atoms with van der Waals surface area (Å²) in [6.45, 7) is 2.06. The molecule has 1 heterocycles. The Balaban J connectivity index is 2.01. The lowest BCUT2D eigenvalue weighted by atomic mass is 10.1. The Hall–Kier alpha value is -0.920. The van der Waals surface area contributed by atoms with Crippen LogP contribution in [0.3, 0.4) is 0 Å². The van der Waals surface area contributed by atoms with Crippen molar-refractivity contribution in [3.05, 3.63) is 29.8 Å². The van der Waals surface area contributed by atoms with Gasteiger partial charge in [-0.1, -0.05) is 17.7 Å². The third-order valence-electron chi connectivity index (χ3n) is 3.22. The van der Waals surface area contributed by atoms with Gasteiger partial charge in [-0.15, -0.1) is 0 Å². The van der Waals surface area contributed by atoms with E-state index in [-0.39, 0.29) is 28.9 Å². The summed E-state index contributed by atoms with van der Waals surface area (Å²) in [5, 5.41) is 0. The number of nitrogens with one attached hydrogen (secondary N) is 1. The van der Waals surface area contributed by atoms with Crippen LogP contribution in [0.15, 0.2) is 29.2 Å². The Morgan fingerprint density at radius 1 is 1.26 bits per heavy atom. The normalized spacial score (nSPS) is 22.5. The maximum atomic E-state index is 12.0. The average Bonchev–Trinajstić information content (AvgIpc) is 2.67. The maximum Gasteiger partial charge on any atom is 0.240 e. The first kappa shape index (κ1) is 14.5. The second-order valence-electron chi connectivity index (χ2n) is 4.93. The Bertz CT molecular complexity index is 647. The molecule has 0 radical (unpaired) electrons. The molecule has 1 saturated heterocycles. The summed E-state index contributed by atoms with van der Waals surface area (Å²) >= 11 is 0. The van der Waals surface area contributed by atoms with Crippen LogP contribution < -0.4 is 4.72 Å². The van der Waals surface area contributed by atoms with Crippen LogP contribution in [0, 0.1) is 12.8 Å². The molecule has 1 atom stereocenters. The van der Waals surface area contributed by atoms with Crippen LogP contribution in [-0.4, -0.2) is 34.9 Å². The molecule has 19 heavy (non-hydrogen) atoms. The van der Waals surface area contributed by atoms with Gasteiger partial charge < -0.3 is 0 Å². The molecule has 1 aromatic rings. The van der Waals surface area contributed by atoms with E-state index in [9.17, 15) is 16.8 Å². The van der Waals surface area contributed by atoms with Gasteiger partial charge in [0.2, 0.25) is 10.0 Å². The SMILES string of the molecule is Cc1ccc(S(=O)(=O)NCC2CCS(=O)(=O)C2)cc1. The van der Waals surface area contributed by atoms with Gasteiger partial charge in [0.05, 0.1) is 16.4 Å². The summed E-state index contributed by atoms with van der Waals surface area (Å²) in [5.41, 5.74) is 0.987. The monoisotopic (exact) mass is 303 g/mol. The first-order valence-corrected chi connectivity index (χ1v) is 9.36. The first-order chi connectivity index (χ1) is 8.78. The van der Waals surface area contributed by atoms with Gasteiger partial charge in [0.15, 0.2) is 9.84 Å². The molecule has 0 bridgehead atoms. The third-order valence-corrected chi connectivity index (χ3v) is 6.50. The van der Waals surface area contributed by atoms with Gasteiger partial charge >= 0.3 is 0 Å². The molecule has 1 aromatic carbocycles. The lowest BCUT2D eigenvalue weighted by molar-refractivity contribution is 0.543. The minimum atomic E-state index is -3.55. The largest absolute Gasteiger partial charge is 0.240 e. The van der Waals surface area contributed by atoms with Crippen LogP contribution in [0.1, 0.15) is 12.0 Å². The Morgan fingerprint density at radius 2 is 1.89 bits per heavy atom. The fourth-order valence-electron chi connectivity index (χ4n) is 2.06. The molecule has 0 amide bonds. The van der Waals surface area contributed by atoms with Gasteiger partial charge in [0.1, 0.15) is 0 Å². The van der Waals surface area contributed by atoms with Crippen molar-refractivity contribution >= 4 is 19.9 Å². The number of sulfonamides is 1. The molecule has 0 aliphatic carbocycles. The fraction of sp³-hybridized carbons (Fsp3) is 0.500. The van der Waals surface area contributed by atoms with Crippen molar-refractivity contribution in [2.75, 3.05) is 18.1 Å². The summed E-state index contributed by atoms with van der Waals surface area (Å²) in [6, 6.07) is 6.55. The Labute approximate surface area is 114 Å². The highest BCUT2D eigenvalue weighted by molar-refractivity contribution is 7.91. The fourth-order valence-corrected chi connectivity index (χ4v) is 5.04. The van der Waals surface area contributed by atoms with Crippen LogP contribution >= 0.6 is 0 Å². The number of rotatable bonds is 4. The summed E-state index contributed by atoms with van der Waals surface area (Å²) in [6.07, 6.45) is 0.527. The standard InChI is InChI=1S/C12H17NO4S2/c1-10-2-4-12(5-3-10)19(16,17)13-8-11-6-7-18(14,15)9-11/h2-5,11,13H,6-9H2,1H3. The Kier molecular flexibility index (Phi) is 3.98. The van der Waals surface area contributed by atoms with Crippen LogP contribution in [-0.2, 0) is 19.9 Å². The molecule has 0 spiro atoms. The van der Waals surface area contributed by atoms with Crippen molar-refractivity contribution in [1.29, 1.82) is 0 Å². The number of hydrogen-bond acceptors (Lipinski definition) is 4. The van der Waals surface area contributed by atoms with Crippen molar-refractivity contribution in [2.24, 2.45) is 5.92 Å². The maximum absolute atomic E-state index is 12.0. The topological polar surface area (TPSA) is 80.3 Å². The second kappa shape index (κ2) is 5.22. The molecule has 2 rings (SSSR count). The number of sulfone groups is 1. The molecule has 1 aliphatic heterocycles. The van der Waals surface area contributed by atoms with Crippen molar-refractivity contribution in [2.45, 2.75) is 18.2 Å². The molecule has 1 aliphatic rings. The van der Waals surface area contributed by atoms with Crippen molar-refractivity contribution in [3.63, 3.8) is 0 Å². The lowest BCUT2D eigenvalue weighted by Crippen LogP contribution is -2.29. The predicted octanol–water partition coefficient (Wildman–Crippen LogP) is 0.708. The highest BCUT2D eigenvalue weighted by atomic mass is 32.2. The molecule has 0 aromatic heterocycles. The van der Waals surface area contributed by atoms with Crippen LogP contribution in [0.4, 0.5) is 0 Å². The number of hydrogen-bond donors (Lipinski definition) is 1. The molecule has 5 nitrogen and oxygen atoms in total. The zero-order chi connectivity index (χ0) is 14.1. The lowest BCUT2D eigenvalue weighted by Gasteiger charge is -2.10. The molecule has 1 unspecified atom stereocenters. The van der Waals surface area contributed by atoms with E-state index in [4.69, 9.17) is 0 Å². The quantitative estimate of drug-likeness (QED) is 0.888. The molecule has 106 valence electrons. The van der Waals surface area contributed by atoms with Crippen LogP contribution in [0.5, 0.6) is 0 Å². The summed E-state index contributed by atoms with van der Waals surface area (Å²) in [5.74, 6) is 0.109. The van der Waals surface area contributed by atoms with E-state index in [1.807, 2.05) is 6.92 Å². The van der Waals surface area contributed by atoms with E-state index in [0.29, 0.717) is 6.42 Å². The molecular formula is C12H17NO4S2. The van der Waals surface area contributed by atoms with Crippen molar-refractivity contribution < 1.29 is 16.8 Å². The van der Waals surface area contributed by atoms with Gasteiger partial charge in [-0.25, -0.2) is 21.6 Å². The summed E-state index contributed by atoms with van der Waals surface area (Å²) in [7, 11) is -6.51. The van der Waals surface area contributed by atoms with Crippen molar-refractivity contribution in [3.8, 4) is 0 Å². The zero-order valence-corrected chi connectivity index (χ0v) is 12.3. The Morgan fingerprint density at radius 3 is 2.42 bits per heavy atom. The highest BCUT2D eigenvalue weighted by Gasteiger charge is 2.28. The summed E-state index contributed by atoms with van der Waals surface area (Å²) in [4.78, 5) is 0.207. The second-order valence-corrected chi connectivity index (χ2v) is 8.93. The number of benzene rings is 1. The molecule has 0 saturated carbocycles. The van der Waals surface area contributed by atoms with E-state index < -0.39 is 19.9 Å². The van der Waals surface area contributed by atoms with E-state index in [2.05, 4.69) is 4.72 Å². The summed E-state index contributed by atoms with van der Waals surface area (Å²) < 4.78 is 49.1. The van der Waals surface area contributed by atoms with Crippen molar-refractivity contribution in [1.82, 2.24) is 4.72 Å². The third kappa shape index (κ3) is 3.77. The van der Waals surface area contributed by atoms with Gasteiger partial charge in [0, 0.05) is 6.54 Å². The van der Waals surface area contributed by atoms with Gasteiger partial charge in [0.25, 0.3) is 0 Å². The molecule has 1 N–H and O–H groups in total. The molecule has 1 fully saturated rings. The van der Waals surface area contributed by atoms with Gasteiger partial charge in [-0.2, -0.15) is 0 Å². The highest BCUT2D eigenvalue weighted by Crippen LogP contribution is 2.18. The van der Waals surface area contributed by atoms with E-state index in [1.165, 1.54) is 0 Å². The first-order valence-electron chi connectivity index (χ1n) is 6.05. The minimum Gasteiger partial charge on any atom is -0.229 e. The minimum absolute atomic E-state index is 0.0728. The molecule has 7 heteroatoms. The molecular weight excluding hydrogens is 286 g/mol. The van der Waals surface area contributed by atoms with Gasteiger partial charge in [-0.3, -0.25) is 0 Å². The average molecular weight is 303 g/mol. The number of aryl methyl sites for hydroxylation is 1. The van der Waals surface area contributed by atoms with Gasteiger partial charge in [-0.05, 0) is 31.4 Å². The van der Waals surface area contributed by atoms with Crippen LogP contribution in [0.2, 0.25) is 0 Å². The van der Waals surface area contributed by atoms with E-state index in [1.54, 1.807) is 24.3 Å². The smallest absolute Gasteiger partial charge is 0.229 e. The van der Waals surface area contributed by atoms with E-state index in [0.717, 1.165) is 5.56 Å². The van der Waals surface area contributed by atoms with Crippen LogP contribution in [0.25, 0.3) is 0 Å². The van der Waals surface area contributed by atoms with E-state index >= 15 is 0 Å².